The Morgan fingerprint density at radius 3 is 2.74 bits per heavy atom. The van der Waals surface area contributed by atoms with Crippen LogP contribution in [0.4, 0.5) is 13.2 Å². The van der Waals surface area contributed by atoms with Gasteiger partial charge in [-0.15, -0.1) is 11.3 Å². The Balaban J connectivity index is 1.69. The fourth-order valence-electron chi connectivity index (χ4n) is 3.02. The van der Waals surface area contributed by atoms with E-state index in [0.29, 0.717) is 26.2 Å². The molecule has 0 aliphatic rings. The van der Waals surface area contributed by atoms with Gasteiger partial charge >= 0.3 is 12.1 Å². The zero-order valence-electron chi connectivity index (χ0n) is 15.8. The highest BCUT2D eigenvalue weighted by Crippen LogP contribution is 2.33. The number of esters is 1. The van der Waals surface area contributed by atoms with Crippen LogP contribution in [0.5, 0.6) is 0 Å². The van der Waals surface area contributed by atoms with Gasteiger partial charge in [0.25, 0.3) is 5.56 Å². The maximum Gasteiger partial charge on any atom is 0.416 e. The number of aromatic nitrogens is 3. The molecule has 162 valence electrons. The van der Waals surface area contributed by atoms with Crippen molar-refractivity contribution in [1.29, 1.82) is 0 Å². The number of thiophene rings is 1. The summed E-state index contributed by atoms with van der Waals surface area (Å²) in [5.41, 5.74) is 4.75. The number of hydrogen-bond acceptors (Lipinski definition) is 8. The summed E-state index contributed by atoms with van der Waals surface area (Å²) in [6.07, 6.45) is -4.60. The second-order valence-electron chi connectivity index (χ2n) is 6.58. The van der Waals surface area contributed by atoms with Crippen LogP contribution in [0.3, 0.4) is 0 Å². The zero-order valence-corrected chi connectivity index (χ0v) is 17.4. The summed E-state index contributed by atoms with van der Waals surface area (Å²) < 4.78 is 45.6. The van der Waals surface area contributed by atoms with Crippen LogP contribution in [0.25, 0.3) is 21.0 Å². The smallest absolute Gasteiger partial charge is 0.416 e. The molecule has 0 radical (unpaired) electrons. The summed E-state index contributed by atoms with van der Waals surface area (Å²) in [6, 6.07) is 3.33. The molecule has 0 amide bonds. The Hall–Kier alpha value is -2.83. The predicted octanol–water partition coefficient (Wildman–Crippen LogP) is 3.18. The van der Waals surface area contributed by atoms with Crippen molar-refractivity contribution in [3.63, 3.8) is 0 Å². The minimum atomic E-state index is -4.46. The van der Waals surface area contributed by atoms with Crippen molar-refractivity contribution >= 4 is 49.6 Å². The lowest BCUT2D eigenvalue weighted by Gasteiger charge is -2.08. The van der Waals surface area contributed by atoms with Gasteiger partial charge in [0.1, 0.15) is 11.6 Å². The SMILES string of the molecule is NCCOC(=O)Cc1nn(Cc2nc3cc(C(F)(F)F)ccc3s2)c(=O)c2cscc12. The highest BCUT2D eigenvalue weighted by atomic mass is 32.1. The van der Waals surface area contributed by atoms with Crippen molar-refractivity contribution in [2.24, 2.45) is 5.73 Å². The van der Waals surface area contributed by atoms with Crippen molar-refractivity contribution in [3.05, 3.63) is 55.6 Å². The molecule has 2 N–H and O–H groups in total. The third kappa shape index (κ3) is 4.45. The van der Waals surface area contributed by atoms with E-state index in [1.165, 1.54) is 33.4 Å². The largest absolute Gasteiger partial charge is 0.464 e. The maximum atomic E-state index is 12.9. The summed E-state index contributed by atoms with van der Waals surface area (Å²) >= 11 is 2.48. The van der Waals surface area contributed by atoms with Gasteiger partial charge in [0.2, 0.25) is 0 Å². The fraction of sp³-hybridized carbons (Fsp3) is 0.263. The number of benzene rings is 1. The number of halogens is 3. The van der Waals surface area contributed by atoms with Gasteiger partial charge in [0.15, 0.2) is 0 Å². The van der Waals surface area contributed by atoms with Gasteiger partial charge in [-0.2, -0.15) is 29.6 Å². The molecule has 7 nitrogen and oxygen atoms in total. The van der Waals surface area contributed by atoms with Gasteiger partial charge in [-0.25, -0.2) is 9.67 Å². The first-order valence-corrected chi connectivity index (χ1v) is 10.8. The van der Waals surface area contributed by atoms with Crippen molar-refractivity contribution in [1.82, 2.24) is 14.8 Å². The monoisotopic (exact) mass is 468 g/mol. The predicted molar refractivity (Wildman–Crippen MR) is 111 cm³/mol. The van der Waals surface area contributed by atoms with E-state index < -0.39 is 17.7 Å². The number of carbonyl (C=O) groups excluding carboxylic acids is 1. The molecule has 12 heteroatoms. The number of fused-ring (bicyclic) bond motifs is 2. The Bertz CT molecular complexity index is 1330. The van der Waals surface area contributed by atoms with E-state index in [4.69, 9.17) is 10.5 Å². The molecule has 0 saturated heterocycles. The van der Waals surface area contributed by atoms with Gasteiger partial charge in [-0.05, 0) is 18.2 Å². The van der Waals surface area contributed by atoms with Gasteiger partial charge in [0, 0.05) is 22.7 Å². The second-order valence-corrected chi connectivity index (χ2v) is 8.44. The molecule has 0 spiro atoms. The third-order valence-electron chi connectivity index (χ3n) is 4.42. The number of hydrogen-bond donors (Lipinski definition) is 1. The molecule has 0 fully saturated rings. The molecule has 31 heavy (non-hydrogen) atoms. The Morgan fingerprint density at radius 2 is 2.00 bits per heavy atom. The molecule has 4 aromatic rings. The van der Waals surface area contributed by atoms with Crippen molar-refractivity contribution in [2.75, 3.05) is 13.2 Å². The molecule has 0 bridgehead atoms. The zero-order chi connectivity index (χ0) is 22.2. The first-order valence-electron chi connectivity index (χ1n) is 9.04. The van der Waals surface area contributed by atoms with Crippen molar-refractivity contribution in [3.8, 4) is 0 Å². The van der Waals surface area contributed by atoms with Crippen LogP contribution >= 0.6 is 22.7 Å². The highest BCUT2D eigenvalue weighted by molar-refractivity contribution is 7.18. The lowest BCUT2D eigenvalue weighted by molar-refractivity contribution is -0.142. The number of carbonyl (C=O) groups is 1. The van der Waals surface area contributed by atoms with Crippen LogP contribution in [0.1, 0.15) is 16.3 Å². The van der Waals surface area contributed by atoms with Crippen molar-refractivity contribution in [2.45, 2.75) is 19.1 Å². The van der Waals surface area contributed by atoms with Crippen molar-refractivity contribution < 1.29 is 22.7 Å². The lowest BCUT2D eigenvalue weighted by Crippen LogP contribution is -2.26. The normalized spacial score (nSPS) is 12.0. The van der Waals surface area contributed by atoms with Crippen LogP contribution in [-0.4, -0.2) is 33.9 Å². The Morgan fingerprint density at radius 1 is 1.23 bits per heavy atom. The number of alkyl halides is 3. The number of nitrogens with zero attached hydrogens (tertiary/aromatic N) is 3. The molecule has 4 rings (SSSR count). The quantitative estimate of drug-likeness (QED) is 0.437. The van der Waals surface area contributed by atoms with Crippen LogP contribution < -0.4 is 11.3 Å². The maximum absolute atomic E-state index is 12.9. The fourth-order valence-corrected chi connectivity index (χ4v) is 4.78. The molecule has 0 atom stereocenters. The van der Waals surface area contributed by atoms with E-state index in [9.17, 15) is 22.8 Å². The Labute approximate surface area is 180 Å². The molecule has 0 aliphatic heterocycles. The van der Waals surface area contributed by atoms with E-state index in [-0.39, 0.29) is 37.2 Å². The molecule has 0 unspecified atom stereocenters. The number of ether oxygens (including phenoxy) is 1. The molecular formula is C19H15F3N4O3S2. The first kappa shape index (κ1) is 21.4. The van der Waals surface area contributed by atoms with E-state index in [1.54, 1.807) is 10.8 Å². The molecule has 1 aromatic carbocycles. The summed E-state index contributed by atoms with van der Waals surface area (Å²) in [6.45, 7) is 0.243. The summed E-state index contributed by atoms with van der Waals surface area (Å²) in [5.74, 6) is -0.518. The standard InChI is InChI=1S/C19H15F3N4O3S2/c20-19(21,22)10-1-2-15-14(5-10)24-16(31-15)7-26-18(28)12-9-30-8-11(12)13(25-26)6-17(27)29-4-3-23/h1-2,5,8-9H,3-4,6-7,23H2. The summed E-state index contributed by atoms with van der Waals surface area (Å²) in [4.78, 5) is 29.1. The van der Waals surface area contributed by atoms with Gasteiger partial charge < -0.3 is 10.5 Å². The highest BCUT2D eigenvalue weighted by Gasteiger charge is 2.30. The van der Waals surface area contributed by atoms with Crippen LogP contribution in [0.15, 0.2) is 33.8 Å². The van der Waals surface area contributed by atoms with E-state index >= 15 is 0 Å². The summed E-state index contributed by atoms with van der Waals surface area (Å²) in [5, 5.41) is 9.10. The molecular weight excluding hydrogens is 453 g/mol. The summed E-state index contributed by atoms with van der Waals surface area (Å²) in [7, 11) is 0. The topological polar surface area (TPSA) is 100 Å². The van der Waals surface area contributed by atoms with Gasteiger partial charge in [-0.1, -0.05) is 0 Å². The van der Waals surface area contributed by atoms with Crippen LogP contribution in [0.2, 0.25) is 0 Å². The van der Waals surface area contributed by atoms with Crippen LogP contribution in [0, 0.1) is 0 Å². The molecule has 0 saturated carbocycles. The third-order valence-corrected chi connectivity index (χ3v) is 6.18. The van der Waals surface area contributed by atoms with Crippen LogP contribution in [-0.2, 0) is 28.7 Å². The average molecular weight is 468 g/mol. The number of thiazole rings is 1. The minimum Gasteiger partial charge on any atom is -0.464 e. The van der Waals surface area contributed by atoms with Gasteiger partial charge in [-0.3, -0.25) is 9.59 Å². The second kappa shape index (κ2) is 8.36. The number of rotatable bonds is 6. The molecule has 0 aliphatic carbocycles. The lowest BCUT2D eigenvalue weighted by atomic mass is 10.2. The van der Waals surface area contributed by atoms with Gasteiger partial charge in [0.05, 0.1) is 39.8 Å². The Kier molecular flexibility index (Phi) is 5.77. The average Bonchev–Trinajstić information content (AvgIpc) is 3.35. The molecule has 3 aromatic heterocycles. The molecule has 3 heterocycles. The van der Waals surface area contributed by atoms with E-state index in [0.717, 1.165) is 12.1 Å². The van der Waals surface area contributed by atoms with E-state index in [2.05, 4.69) is 10.1 Å². The number of nitrogens with two attached hydrogens (primary N) is 1. The first-order chi connectivity index (χ1) is 14.8. The van der Waals surface area contributed by atoms with E-state index in [1.807, 2.05) is 0 Å². The minimum absolute atomic E-state index is 0.0316.